The highest BCUT2D eigenvalue weighted by Gasteiger charge is 2.16. The SMILES string of the molecule is CC(NC1=Cc2ccccc2CC1)c1cccc(C(C)NC2=Cc3ccccc3CC2)n1. The van der Waals surface area contributed by atoms with Crippen molar-refractivity contribution in [1.29, 1.82) is 0 Å². The Morgan fingerprint density at radius 3 is 1.56 bits per heavy atom. The summed E-state index contributed by atoms with van der Waals surface area (Å²) in [4.78, 5) is 5.01. The molecule has 2 aromatic carbocycles. The summed E-state index contributed by atoms with van der Waals surface area (Å²) in [6.07, 6.45) is 8.86. The highest BCUT2D eigenvalue weighted by Crippen LogP contribution is 2.26. The fraction of sp³-hybridized carbons (Fsp3) is 0.276. The van der Waals surface area contributed by atoms with E-state index in [0.717, 1.165) is 37.1 Å². The van der Waals surface area contributed by atoms with Gasteiger partial charge in [-0.1, -0.05) is 54.6 Å². The molecule has 3 aromatic rings. The van der Waals surface area contributed by atoms with E-state index in [1.807, 2.05) is 0 Å². The number of rotatable bonds is 6. The van der Waals surface area contributed by atoms with Gasteiger partial charge in [-0.25, -0.2) is 0 Å². The molecular formula is C29H31N3. The van der Waals surface area contributed by atoms with Gasteiger partial charge >= 0.3 is 0 Å². The molecule has 0 aliphatic heterocycles. The van der Waals surface area contributed by atoms with Crippen molar-refractivity contribution >= 4 is 12.2 Å². The normalized spacial score (nSPS) is 16.7. The molecule has 2 aliphatic carbocycles. The second-order valence-electron chi connectivity index (χ2n) is 8.96. The fourth-order valence-electron chi connectivity index (χ4n) is 4.75. The molecule has 0 fully saturated rings. The van der Waals surface area contributed by atoms with Gasteiger partial charge in [0, 0.05) is 11.4 Å². The predicted octanol–water partition coefficient (Wildman–Crippen LogP) is 6.36. The molecule has 1 heterocycles. The molecular weight excluding hydrogens is 390 g/mol. The number of allylic oxidation sites excluding steroid dienone is 2. The van der Waals surface area contributed by atoms with Crippen LogP contribution in [0.1, 0.15) is 72.4 Å². The highest BCUT2D eigenvalue weighted by atomic mass is 15.0. The molecule has 162 valence electrons. The van der Waals surface area contributed by atoms with Crippen LogP contribution in [0.5, 0.6) is 0 Å². The van der Waals surface area contributed by atoms with Crippen molar-refractivity contribution in [2.24, 2.45) is 0 Å². The molecule has 0 spiro atoms. The van der Waals surface area contributed by atoms with E-state index in [4.69, 9.17) is 4.98 Å². The molecule has 2 N–H and O–H groups in total. The van der Waals surface area contributed by atoms with Crippen LogP contribution in [0.2, 0.25) is 0 Å². The van der Waals surface area contributed by atoms with E-state index in [2.05, 4.69) is 103 Å². The summed E-state index contributed by atoms with van der Waals surface area (Å²) in [5, 5.41) is 7.40. The zero-order valence-corrected chi connectivity index (χ0v) is 18.9. The van der Waals surface area contributed by atoms with Crippen LogP contribution in [0.25, 0.3) is 12.2 Å². The molecule has 2 unspecified atom stereocenters. The smallest absolute Gasteiger partial charge is 0.0654 e. The molecule has 2 atom stereocenters. The van der Waals surface area contributed by atoms with Gasteiger partial charge in [0.1, 0.15) is 0 Å². The van der Waals surface area contributed by atoms with Crippen LogP contribution in [0.3, 0.4) is 0 Å². The standard InChI is InChI=1S/C29H31N3/c1-20(30-26-16-14-22-8-3-5-10-24(22)18-26)28-12-7-13-29(32-28)21(2)31-27-17-15-23-9-4-6-11-25(23)19-27/h3-13,18-21,30-31H,14-17H2,1-2H3. The van der Waals surface area contributed by atoms with Crippen molar-refractivity contribution in [1.82, 2.24) is 15.6 Å². The summed E-state index contributed by atoms with van der Waals surface area (Å²) in [6, 6.07) is 24.0. The third kappa shape index (κ3) is 4.47. The Morgan fingerprint density at radius 2 is 1.06 bits per heavy atom. The molecule has 0 radical (unpaired) electrons. The van der Waals surface area contributed by atoms with Crippen molar-refractivity contribution in [3.63, 3.8) is 0 Å². The lowest BCUT2D eigenvalue weighted by atomic mass is 9.95. The lowest BCUT2D eigenvalue weighted by Crippen LogP contribution is -2.23. The summed E-state index contributed by atoms with van der Waals surface area (Å²) >= 11 is 0. The maximum absolute atomic E-state index is 5.01. The number of aryl methyl sites for hydroxylation is 2. The average molecular weight is 422 g/mol. The van der Waals surface area contributed by atoms with Crippen LogP contribution in [0.15, 0.2) is 78.1 Å². The Bertz CT molecular complexity index is 1090. The van der Waals surface area contributed by atoms with Gasteiger partial charge in [-0.2, -0.15) is 0 Å². The van der Waals surface area contributed by atoms with Gasteiger partial charge in [-0.15, -0.1) is 0 Å². The summed E-state index contributed by atoms with van der Waals surface area (Å²) in [6.45, 7) is 4.40. The van der Waals surface area contributed by atoms with Crippen LogP contribution in [-0.4, -0.2) is 4.98 Å². The molecule has 1 aromatic heterocycles. The maximum atomic E-state index is 5.01. The number of hydrogen-bond acceptors (Lipinski definition) is 3. The summed E-state index contributed by atoms with van der Waals surface area (Å²) in [5.74, 6) is 0. The van der Waals surface area contributed by atoms with Crippen molar-refractivity contribution < 1.29 is 0 Å². The summed E-state index contributed by atoms with van der Waals surface area (Å²) in [7, 11) is 0. The number of nitrogens with zero attached hydrogens (tertiary/aromatic N) is 1. The minimum absolute atomic E-state index is 0.166. The molecule has 0 saturated carbocycles. The van der Waals surface area contributed by atoms with Gasteiger partial charge in [0.25, 0.3) is 0 Å². The zero-order chi connectivity index (χ0) is 21.9. The van der Waals surface area contributed by atoms with Crippen molar-refractivity contribution in [3.05, 3.63) is 112 Å². The van der Waals surface area contributed by atoms with Gasteiger partial charge in [-0.05, 0) is 86.1 Å². The number of aromatic nitrogens is 1. The minimum atomic E-state index is 0.166. The molecule has 0 bridgehead atoms. The zero-order valence-electron chi connectivity index (χ0n) is 18.9. The minimum Gasteiger partial charge on any atom is -0.380 e. The Hall–Kier alpha value is -3.33. The number of fused-ring (bicyclic) bond motifs is 2. The molecule has 0 saturated heterocycles. The number of benzene rings is 2. The van der Waals surface area contributed by atoms with Gasteiger partial charge in [0.05, 0.1) is 23.5 Å². The van der Waals surface area contributed by atoms with Gasteiger partial charge in [0.2, 0.25) is 0 Å². The highest BCUT2D eigenvalue weighted by molar-refractivity contribution is 5.60. The largest absolute Gasteiger partial charge is 0.380 e. The van der Waals surface area contributed by atoms with E-state index in [9.17, 15) is 0 Å². The predicted molar refractivity (Wildman–Crippen MR) is 133 cm³/mol. The van der Waals surface area contributed by atoms with Crippen LogP contribution >= 0.6 is 0 Å². The van der Waals surface area contributed by atoms with E-state index in [0.29, 0.717) is 0 Å². The molecule has 5 rings (SSSR count). The first kappa shape index (κ1) is 20.6. The first-order valence-corrected chi connectivity index (χ1v) is 11.7. The molecule has 3 nitrogen and oxygen atoms in total. The van der Waals surface area contributed by atoms with E-state index in [1.54, 1.807) is 0 Å². The van der Waals surface area contributed by atoms with Crippen LogP contribution in [-0.2, 0) is 12.8 Å². The first-order valence-electron chi connectivity index (χ1n) is 11.7. The topological polar surface area (TPSA) is 37.0 Å². The van der Waals surface area contributed by atoms with Gasteiger partial charge in [0.15, 0.2) is 0 Å². The third-order valence-corrected chi connectivity index (χ3v) is 6.58. The quantitative estimate of drug-likeness (QED) is 0.486. The van der Waals surface area contributed by atoms with Crippen LogP contribution in [0, 0.1) is 0 Å². The summed E-state index contributed by atoms with van der Waals surface area (Å²) in [5.41, 5.74) is 10.3. The van der Waals surface area contributed by atoms with Gasteiger partial charge < -0.3 is 10.6 Å². The van der Waals surface area contributed by atoms with Crippen LogP contribution in [0.4, 0.5) is 0 Å². The van der Waals surface area contributed by atoms with E-state index in [-0.39, 0.29) is 12.1 Å². The number of nitrogens with one attached hydrogen (secondary N) is 2. The molecule has 2 aliphatic rings. The van der Waals surface area contributed by atoms with Crippen molar-refractivity contribution in [2.45, 2.75) is 51.6 Å². The molecule has 32 heavy (non-hydrogen) atoms. The Labute approximate surface area is 191 Å². The van der Waals surface area contributed by atoms with E-state index >= 15 is 0 Å². The number of pyridine rings is 1. The Kier molecular flexibility index (Phi) is 5.81. The molecule has 0 amide bonds. The fourth-order valence-corrected chi connectivity index (χ4v) is 4.75. The van der Waals surface area contributed by atoms with Crippen molar-refractivity contribution in [2.75, 3.05) is 0 Å². The van der Waals surface area contributed by atoms with E-state index in [1.165, 1.54) is 33.6 Å². The summed E-state index contributed by atoms with van der Waals surface area (Å²) < 4.78 is 0. The third-order valence-electron chi connectivity index (χ3n) is 6.58. The molecule has 3 heteroatoms. The lowest BCUT2D eigenvalue weighted by molar-refractivity contribution is 0.583. The number of hydrogen-bond donors (Lipinski definition) is 2. The van der Waals surface area contributed by atoms with Crippen molar-refractivity contribution in [3.8, 4) is 0 Å². The second-order valence-corrected chi connectivity index (χ2v) is 8.96. The second kappa shape index (κ2) is 9.04. The Balaban J connectivity index is 1.27. The lowest BCUT2D eigenvalue weighted by Gasteiger charge is -2.24. The van der Waals surface area contributed by atoms with Gasteiger partial charge in [-0.3, -0.25) is 4.98 Å². The Morgan fingerprint density at radius 1 is 0.594 bits per heavy atom. The van der Waals surface area contributed by atoms with E-state index < -0.39 is 0 Å². The average Bonchev–Trinajstić information content (AvgIpc) is 2.84. The maximum Gasteiger partial charge on any atom is 0.0654 e. The first-order chi connectivity index (χ1) is 15.7. The van der Waals surface area contributed by atoms with Crippen LogP contribution < -0.4 is 10.6 Å². The monoisotopic (exact) mass is 421 g/mol.